The lowest BCUT2D eigenvalue weighted by Gasteiger charge is -2.18. The fraction of sp³-hybridized carbons (Fsp3) is 0.353. The fourth-order valence-corrected chi connectivity index (χ4v) is 2.77. The first-order chi connectivity index (χ1) is 11.5. The average Bonchev–Trinajstić information content (AvgIpc) is 3.21. The van der Waals surface area contributed by atoms with Crippen LogP contribution in [0, 0.1) is 0 Å². The number of urea groups is 1. The van der Waals surface area contributed by atoms with Crippen molar-refractivity contribution in [2.45, 2.75) is 25.4 Å². The predicted molar refractivity (Wildman–Crippen MR) is 89.7 cm³/mol. The van der Waals surface area contributed by atoms with Crippen LogP contribution in [0.1, 0.15) is 24.9 Å². The molecule has 1 fully saturated rings. The molecule has 2 atom stereocenters. The van der Waals surface area contributed by atoms with Gasteiger partial charge in [-0.3, -0.25) is 4.79 Å². The maximum Gasteiger partial charge on any atom is 0.315 e. The van der Waals surface area contributed by atoms with Gasteiger partial charge in [0.05, 0.1) is 11.7 Å². The lowest BCUT2D eigenvalue weighted by Crippen LogP contribution is -2.46. The quantitative estimate of drug-likeness (QED) is 0.892. The molecule has 0 bridgehead atoms. The Balaban J connectivity index is 1.57. The molecule has 2 heterocycles. The molecule has 126 valence electrons. The molecule has 1 aromatic carbocycles. The van der Waals surface area contributed by atoms with Gasteiger partial charge in [-0.1, -0.05) is 12.1 Å². The molecule has 1 aromatic heterocycles. The highest BCUT2D eigenvalue weighted by molar-refractivity contribution is 5.88. The van der Waals surface area contributed by atoms with Crippen LogP contribution < -0.4 is 10.6 Å². The van der Waals surface area contributed by atoms with Gasteiger partial charge in [0.2, 0.25) is 5.91 Å². The normalized spacial score (nSPS) is 18.5. The predicted octanol–water partition coefficient (Wildman–Crippen LogP) is 1.46. The number of carbonyl (C=O) groups is 2. The molecule has 24 heavy (non-hydrogen) atoms. The molecule has 1 saturated heterocycles. The van der Waals surface area contributed by atoms with E-state index in [1.165, 1.54) is 0 Å². The summed E-state index contributed by atoms with van der Waals surface area (Å²) in [5.74, 6) is -0.0404. The first-order valence-corrected chi connectivity index (χ1v) is 7.96. The van der Waals surface area contributed by atoms with Crippen LogP contribution in [0.5, 0.6) is 0 Å². The van der Waals surface area contributed by atoms with Gasteiger partial charge >= 0.3 is 6.03 Å². The average molecular weight is 327 g/mol. The molecule has 0 radical (unpaired) electrons. The Hall–Kier alpha value is -2.83. The van der Waals surface area contributed by atoms with E-state index in [0.29, 0.717) is 13.0 Å². The van der Waals surface area contributed by atoms with Crippen molar-refractivity contribution < 1.29 is 9.59 Å². The fourth-order valence-electron chi connectivity index (χ4n) is 2.77. The molecule has 0 unspecified atom stereocenters. The van der Waals surface area contributed by atoms with Gasteiger partial charge in [-0.15, -0.1) is 0 Å². The van der Waals surface area contributed by atoms with Crippen LogP contribution in [0.4, 0.5) is 4.79 Å². The Morgan fingerprint density at radius 3 is 2.67 bits per heavy atom. The largest absolute Gasteiger partial charge is 0.344 e. The van der Waals surface area contributed by atoms with E-state index >= 15 is 0 Å². The standard InChI is InChI=1S/C17H21N5O2/c1-12(19-17(24)20-15-8-11-21(2)16(15)23)13-4-6-14(7-5-13)22-10-3-9-18-22/h3-7,9-10,12,15H,8,11H2,1-2H3,(H2,19,20,24)/t12-,15-/m1/s1. The molecule has 7 nitrogen and oxygen atoms in total. The molecular formula is C17H21N5O2. The third kappa shape index (κ3) is 3.40. The summed E-state index contributed by atoms with van der Waals surface area (Å²) < 4.78 is 1.77. The van der Waals surface area contributed by atoms with Crippen molar-refractivity contribution in [3.05, 3.63) is 48.3 Å². The van der Waals surface area contributed by atoms with Crippen molar-refractivity contribution in [3.63, 3.8) is 0 Å². The minimum absolute atomic E-state index is 0.0404. The smallest absolute Gasteiger partial charge is 0.315 e. The maximum absolute atomic E-state index is 12.1. The van der Waals surface area contributed by atoms with Gasteiger partial charge in [0, 0.05) is 26.0 Å². The first kappa shape index (κ1) is 16.0. The Kier molecular flexibility index (Phi) is 4.50. The van der Waals surface area contributed by atoms with E-state index in [-0.39, 0.29) is 18.0 Å². The van der Waals surface area contributed by atoms with Crippen molar-refractivity contribution in [2.24, 2.45) is 0 Å². The summed E-state index contributed by atoms with van der Waals surface area (Å²) in [6, 6.07) is 8.77. The van der Waals surface area contributed by atoms with Gasteiger partial charge < -0.3 is 15.5 Å². The number of amides is 3. The van der Waals surface area contributed by atoms with Crippen LogP contribution in [0.2, 0.25) is 0 Å². The van der Waals surface area contributed by atoms with E-state index in [0.717, 1.165) is 11.3 Å². The highest BCUT2D eigenvalue weighted by Crippen LogP contribution is 2.15. The number of nitrogens with zero attached hydrogens (tertiary/aromatic N) is 3. The number of hydrogen-bond donors (Lipinski definition) is 2. The second-order valence-electron chi connectivity index (χ2n) is 5.98. The summed E-state index contributed by atoms with van der Waals surface area (Å²) in [5, 5.41) is 9.79. The first-order valence-electron chi connectivity index (χ1n) is 7.96. The van der Waals surface area contributed by atoms with Gasteiger partial charge in [0.25, 0.3) is 0 Å². The third-order valence-electron chi connectivity index (χ3n) is 4.24. The Morgan fingerprint density at radius 2 is 2.08 bits per heavy atom. The lowest BCUT2D eigenvalue weighted by molar-refractivity contribution is -0.128. The number of nitrogens with one attached hydrogen (secondary N) is 2. The molecule has 7 heteroatoms. The maximum atomic E-state index is 12.1. The highest BCUT2D eigenvalue weighted by atomic mass is 16.2. The summed E-state index contributed by atoms with van der Waals surface area (Å²) in [6.07, 6.45) is 4.25. The monoisotopic (exact) mass is 327 g/mol. The van der Waals surface area contributed by atoms with E-state index in [2.05, 4.69) is 15.7 Å². The number of benzene rings is 1. The summed E-state index contributed by atoms with van der Waals surface area (Å²) in [4.78, 5) is 25.5. The molecule has 1 aliphatic heterocycles. The van der Waals surface area contributed by atoms with Crippen molar-refractivity contribution in [1.29, 1.82) is 0 Å². The van der Waals surface area contributed by atoms with Gasteiger partial charge in [0.1, 0.15) is 6.04 Å². The second kappa shape index (κ2) is 6.74. The highest BCUT2D eigenvalue weighted by Gasteiger charge is 2.30. The van der Waals surface area contributed by atoms with Crippen LogP contribution in [-0.4, -0.2) is 46.3 Å². The number of carbonyl (C=O) groups excluding carboxylic acids is 2. The zero-order valence-corrected chi connectivity index (χ0v) is 13.8. The zero-order chi connectivity index (χ0) is 17.1. The van der Waals surface area contributed by atoms with Crippen LogP contribution in [0.15, 0.2) is 42.7 Å². The molecule has 0 saturated carbocycles. The van der Waals surface area contributed by atoms with Gasteiger partial charge in [-0.25, -0.2) is 9.48 Å². The minimum atomic E-state index is -0.426. The van der Waals surface area contributed by atoms with E-state index in [1.807, 2.05) is 43.5 Å². The molecule has 2 aromatic rings. The number of likely N-dealkylation sites (tertiary alicyclic amines) is 1. The molecular weight excluding hydrogens is 306 g/mol. The van der Waals surface area contributed by atoms with E-state index in [9.17, 15) is 9.59 Å². The van der Waals surface area contributed by atoms with Crippen LogP contribution in [0.25, 0.3) is 5.69 Å². The van der Waals surface area contributed by atoms with Gasteiger partial charge in [0.15, 0.2) is 0 Å². The van der Waals surface area contributed by atoms with E-state index in [4.69, 9.17) is 0 Å². The molecule has 3 amide bonds. The SMILES string of the molecule is C[C@@H](NC(=O)N[C@@H]1CCN(C)C1=O)c1ccc(-n2cccn2)cc1. The summed E-state index contributed by atoms with van der Waals surface area (Å²) >= 11 is 0. The van der Waals surface area contributed by atoms with Crippen molar-refractivity contribution >= 4 is 11.9 Å². The Morgan fingerprint density at radius 1 is 1.33 bits per heavy atom. The van der Waals surface area contributed by atoms with Crippen molar-refractivity contribution in [3.8, 4) is 5.69 Å². The summed E-state index contributed by atoms with van der Waals surface area (Å²) in [7, 11) is 1.74. The molecule has 3 rings (SSSR count). The second-order valence-corrected chi connectivity index (χ2v) is 5.98. The molecule has 0 spiro atoms. The summed E-state index contributed by atoms with van der Waals surface area (Å²) in [5.41, 5.74) is 1.94. The lowest BCUT2D eigenvalue weighted by atomic mass is 10.1. The van der Waals surface area contributed by atoms with E-state index < -0.39 is 6.04 Å². The number of aromatic nitrogens is 2. The molecule has 1 aliphatic rings. The van der Waals surface area contributed by atoms with Crippen LogP contribution >= 0.6 is 0 Å². The number of likely N-dealkylation sites (N-methyl/N-ethyl adjacent to an activating group) is 1. The van der Waals surface area contributed by atoms with Crippen molar-refractivity contribution in [2.75, 3.05) is 13.6 Å². The minimum Gasteiger partial charge on any atom is -0.344 e. The van der Waals surface area contributed by atoms with Crippen molar-refractivity contribution in [1.82, 2.24) is 25.3 Å². The molecule has 0 aliphatic carbocycles. The third-order valence-corrected chi connectivity index (χ3v) is 4.24. The van der Waals surface area contributed by atoms with Gasteiger partial charge in [-0.05, 0) is 37.1 Å². The summed E-state index contributed by atoms with van der Waals surface area (Å²) in [6.45, 7) is 2.58. The number of hydrogen-bond acceptors (Lipinski definition) is 3. The van der Waals surface area contributed by atoms with Gasteiger partial charge in [-0.2, -0.15) is 5.10 Å². The number of rotatable bonds is 4. The Bertz CT molecular complexity index is 711. The topological polar surface area (TPSA) is 79.3 Å². The van der Waals surface area contributed by atoms with Crippen LogP contribution in [0.3, 0.4) is 0 Å². The molecule has 2 N–H and O–H groups in total. The van der Waals surface area contributed by atoms with E-state index in [1.54, 1.807) is 22.8 Å². The Labute approximate surface area is 140 Å². The zero-order valence-electron chi connectivity index (χ0n) is 13.8. The van der Waals surface area contributed by atoms with Crippen LogP contribution in [-0.2, 0) is 4.79 Å².